The molecule has 2 N–H and O–H groups in total. The van der Waals surface area contributed by atoms with Crippen LogP contribution in [0.15, 0.2) is 18.2 Å². The Labute approximate surface area is 160 Å². The van der Waals surface area contributed by atoms with Gasteiger partial charge in [0.05, 0.1) is 12.1 Å². The van der Waals surface area contributed by atoms with Crippen molar-refractivity contribution >= 4 is 5.91 Å². The summed E-state index contributed by atoms with van der Waals surface area (Å²) in [6.45, 7) is 4.30. The number of hydrogen-bond acceptors (Lipinski definition) is 5. The van der Waals surface area contributed by atoms with E-state index >= 15 is 0 Å². The first-order valence-corrected chi connectivity index (χ1v) is 10.2. The maximum Gasteiger partial charge on any atom is 0.234 e. The molecule has 2 aliphatic heterocycles. The number of ether oxygens (including phenoxy) is 2. The molecule has 2 atom stereocenters. The summed E-state index contributed by atoms with van der Waals surface area (Å²) in [5, 5.41) is 14.3. The van der Waals surface area contributed by atoms with E-state index in [1.54, 1.807) is 0 Å². The molecule has 1 aromatic rings. The molecular formula is C21H30N2O4. The molecule has 0 unspecified atom stereocenters. The summed E-state index contributed by atoms with van der Waals surface area (Å²) in [7, 11) is 0. The molecule has 0 spiro atoms. The highest BCUT2D eigenvalue weighted by molar-refractivity contribution is 5.78. The average molecular weight is 374 g/mol. The maximum atomic E-state index is 12.4. The SMILES string of the molecule is C[C@H]1CCCC[C@H]1NC(=O)CN1CCC(O)(c2ccc3c(c2)OCO3)CC1. The van der Waals surface area contributed by atoms with Crippen molar-refractivity contribution in [2.24, 2.45) is 5.92 Å². The predicted octanol–water partition coefficient (Wildman–Crippen LogP) is 2.39. The van der Waals surface area contributed by atoms with E-state index < -0.39 is 5.60 Å². The van der Waals surface area contributed by atoms with Gasteiger partial charge in [-0.15, -0.1) is 0 Å². The van der Waals surface area contributed by atoms with Crippen molar-refractivity contribution in [3.8, 4) is 11.5 Å². The van der Waals surface area contributed by atoms with Crippen LogP contribution in [0.1, 0.15) is 51.0 Å². The third kappa shape index (κ3) is 4.06. The molecule has 6 heteroatoms. The highest BCUT2D eigenvalue weighted by Crippen LogP contribution is 2.39. The fourth-order valence-electron chi connectivity index (χ4n) is 4.54. The van der Waals surface area contributed by atoms with E-state index in [9.17, 15) is 9.90 Å². The molecule has 1 amide bonds. The van der Waals surface area contributed by atoms with Crippen molar-refractivity contribution in [1.82, 2.24) is 10.2 Å². The Bertz CT molecular complexity index is 685. The van der Waals surface area contributed by atoms with Gasteiger partial charge in [0, 0.05) is 19.1 Å². The van der Waals surface area contributed by atoms with Crippen LogP contribution in [0.3, 0.4) is 0 Å². The summed E-state index contributed by atoms with van der Waals surface area (Å²) in [6.07, 6.45) is 6.01. The fraction of sp³-hybridized carbons (Fsp3) is 0.667. The van der Waals surface area contributed by atoms with Gasteiger partial charge in [-0.1, -0.05) is 25.8 Å². The second kappa shape index (κ2) is 7.68. The molecule has 2 heterocycles. The lowest BCUT2D eigenvalue weighted by molar-refractivity contribution is -0.124. The summed E-state index contributed by atoms with van der Waals surface area (Å²) in [5.41, 5.74) is -0.00172. The average Bonchev–Trinajstić information content (AvgIpc) is 3.13. The Hall–Kier alpha value is -1.79. The Balaban J connectivity index is 1.30. The molecule has 2 fully saturated rings. The second-order valence-corrected chi connectivity index (χ2v) is 8.31. The Morgan fingerprint density at radius 3 is 2.74 bits per heavy atom. The van der Waals surface area contributed by atoms with Gasteiger partial charge in [-0.3, -0.25) is 9.69 Å². The fourth-order valence-corrected chi connectivity index (χ4v) is 4.54. The molecular weight excluding hydrogens is 344 g/mol. The van der Waals surface area contributed by atoms with E-state index in [1.807, 2.05) is 18.2 Å². The van der Waals surface area contributed by atoms with E-state index in [-0.39, 0.29) is 12.7 Å². The second-order valence-electron chi connectivity index (χ2n) is 8.31. The number of piperidine rings is 1. The zero-order valence-electron chi connectivity index (χ0n) is 16.1. The number of amides is 1. The van der Waals surface area contributed by atoms with E-state index in [1.165, 1.54) is 19.3 Å². The smallest absolute Gasteiger partial charge is 0.234 e. The lowest BCUT2D eigenvalue weighted by atomic mass is 9.84. The van der Waals surface area contributed by atoms with Crippen LogP contribution in [-0.2, 0) is 10.4 Å². The molecule has 6 nitrogen and oxygen atoms in total. The summed E-state index contributed by atoms with van der Waals surface area (Å²) in [5.74, 6) is 2.11. The quantitative estimate of drug-likeness (QED) is 0.847. The number of benzene rings is 1. The van der Waals surface area contributed by atoms with Gasteiger partial charge in [0.2, 0.25) is 12.7 Å². The van der Waals surface area contributed by atoms with Crippen molar-refractivity contribution in [1.29, 1.82) is 0 Å². The van der Waals surface area contributed by atoms with Gasteiger partial charge in [0.15, 0.2) is 11.5 Å². The maximum absolute atomic E-state index is 12.4. The third-order valence-corrected chi connectivity index (χ3v) is 6.42. The van der Waals surface area contributed by atoms with E-state index in [0.717, 1.165) is 17.7 Å². The minimum Gasteiger partial charge on any atom is -0.454 e. The van der Waals surface area contributed by atoms with Crippen LogP contribution in [0, 0.1) is 5.92 Å². The number of carbonyl (C=O) groups excluding carboxylic acids is 1. The standard InChI is InChI=1S/C21H30N2O4/c1-15-4-2-3-5-17(15)22-20(24)13-23-10-8-21(25,9-11-23)16-6-7-18-19(12-16)27-14-26-18/h6-7,12,15,17,25H,2-5,8-11,13-14H2,1H3,(H,22,24)/t15-,17+/m0/s1. The first-order chi connectivity index (χ1) is 13.0. The number of likely N-dealkylation sites (tertiary alicyclic amines) is 1. The van der Waals surface area contributed by atoms with Crippen LogP contribution in [-0.4, -0.2) is 48.4 Å². The first kappa shape index (κ1) is 18.6. The van der Waals surface area contributed by atoms with Crippen LogP contribution >= 0.6 is 0 Å². The van der Waals surface area contributed by atoms with Gasteiger partial charge in [0.1, 0.15) is 0 Å². The van der Waals surface area contributed by atoms with Crippen molar-refractivity contribution in [2.45, 2.75) is 57.1 Å². The Morgan fingerprint density at radius 2 is 1.96 bits per heavy atom. The molecule has 1 saturated heterocycles. The first-order valence-electron chi connectivity index (χ1n) is 10.2. The van der Waals surface area contributed by atoms with Gasteiger partial charge in [-0.25, -0.2) is 0 Å². The van der Waals surface area contributed by atoms with Gasteiger partial charge < -0.3 is 19.9 Å². The molecule has 148 valence electrons. The highest BCUT2D eigenvalue weighted by atomic mass is 16.7. The summed E-state index contributed by atoms with van der Waals surface area (Å²) >= 11 is 0. The van der Waals surface area contributed by atoms with Crippen molar-refractivity contribution in [3.05, 3.63) is 23.8 Å². The zero-order valence-corrected chi connectivity index (χ0v) is 16.1. The highest BCUT2D eigenvalue weighted by Gasteiger charge is 2.35. The van der Waals surface area contributed by atoms with Gasteiger partial charge in [-0.2, -0.15) is 0 Å². The van der Waals surface area contributed by atoms with Gasteiger partial charge >= 0.3 is 0 Å². The van der Waals surface area contributed by atoms with Gasteiger partial charge in [-0.05, 0) is 49.3 Å². The number of carbonyl (C=O) groups is 1. The van der Waals surface area contributed by atoms with E-state index in [2.05, 4.69) is 17.1 Å². The van der Waals surface area contributed by atoms with Crippen molar-refractivity contribution < 1.29 is 19.4 Å². The Kier molecular flexibility index (Phi) is 5.28. The predicted molar refractivity (Wildman–Crippen MR) is 102 cm³/mol. The van der Waals surface area contributed by atoms with E-state index in [0.29, 0.717) is 50.2 Å². The number of aliphatic hydroxyl groups is 1. The van der Waals surface area contributed by atoms with Crippen molar-refractivity contribution in [3.63, 3.8) is 0 Å². The molecule has 1 aromatic carbocycles. The molecule has 3 aliphatic rings. The van der Waals surface area contributed by atoms with Crippen LogP contribution in [0.2, 0.25) is 0 Å². The number of nitrogens with one attached hydrogen (secondary N) is 1. The monoisotopic (exact) mass is 374 g/mol. The topological polar surface area (TPSA) is 71.0 Å². The molecule has 0 radical (unpaired) electrons. The molecule has 0 bridgehead atoms. The summed E-state index contributed by atoms with van der Waals surface area (Å²) in [4.78, 5) is 14.6. The minimum absolute atomic E-state index is 0.113. The molecule has 1 saturated carbocycles. The lowest BCUT2D eigenvalue weighted by Gasteiger charge is -2.38. The summed E-state index contributed by atoms with van der Waals surface area (Å²) in [6, 6.07) is 5.98. The van der Waals surface area contributed by atoms with Crippen LogP contribution < -0.4 is 14.8 Å². The van der Waals surface area contributed by atoms with Crippen molar-refractivity contribution in [2.75, 3.05) is 26.4 Å². The van der Waals surface area contributed by atoms with E-state index in [4.69, 9.17) is 9.47 Å². The zero-order chi connectivity index (χ0) is 18.9. The molecule has 0 aromatic heterocycles. The summed E-state index contributed by atoms with van der Waals surface area (Å²) < 4.78 is 10.8. The molecule has 1 aliphatic carbocycles. The van der Waals surface area contributed by atoms with Crippen LogP contribution in [0.25, 0.3) is 0 Å². The minimum atomic E-state index is -0.869. The number of fused-ring (bicyclic) bond motifs is 1. The van der Waals surface area contributed by atoms with Crippen LogP contribution in [0.4, 0.5) is 0 Å². The lowest BCUT2D eigenvalue weighted by Crippen LogP contribution is -2.49. The Morgan fingerprint density at radius 1 is 1.22 bits per heavy atom. The number of rotatable bonds is 4. The number of hydrogen-bond donors (Lipinski definition) is 2. The third-order valence-electron chi connectivity index (χ3n) is 6.42. The largest absolute Gasteiger partial charge is 0.454 e. The molecule has 27 heavy (non-hydrogen) atoms. The molecule has 4 rings (SSSR count). The van der Waals surface area contributed by atoms with Gasteiger partial charge in [0.25, 0.3) is 0 Å². The normalized spacial score (nSPS) is 27.3. The number of nitrogens with zero attached hydrogens (tertiary/aromatic N) is 1. The van der Waals surface area contributed by atoms with Crippen LogP contribution in [0.5, 0.6) is 11.5 Å².